The smallest absolute Gasteiger partial charge is 0.238 e. The van der Waals surface area contributed by atoms with E-state index in [4.69, 9.17) is 5.73 Å². The summed E-state index contributed by atoms with van der Waals surface area (Å²) in [5.74, 6) is -0.167. The molecule has 10 heteroatoms. The zero-order valence-corrected chi connectivity index (χ0v) is 15.4. The molecule has 2 fully saturated rings. The Bertz CT molecular complexity index is 543. The number of amides is 2. The van der Waals surface area contributed by atoms with E-state index in [1.807, 2.05) is 0 Å². The molecule has 24 heavy (non-hydrogen) atoms. The minimum atomic E-state index is -3.27. The maximum Gasteiger partial charge on any atom is 0.238 e. The standard InChI is InChI=1S/C14H26N4O4S.ClH/c15-6-5-13(19)16-10-12-4-1-2-8-18(12)14(20)11-17-7-3-9-23(17,21)22;/h12H,1-11,15H2,(H,16,19);1H. The molecular weight excluding hydrogens is 356 g/mol. The van der Waals surface area contributed by atoms with E-state index in [-0.39, 0.29) is 49.0 Å². The van der Waals surface area contributed by atoms with E-state index in [1.165, 1.54) is 4.31 Å². The highest BCUT2D eigenvalue weighted by molar-refractivity contribution is 7.89. The lowest BCUT2D eigenvalue weighted by atomic mass is 10.0. The Morgan fingerprint density at radius 1 is 1.17 bits per heavy atom. The van der Waals surface area contributed by atoms with Gasteiger partial charge in [0.15, 0.2) is 0 Å². The van der Waals surface area contributed by atoms with Gasteiger partial charge in [-0.15, -0.1) is 12.4 Å². The molecule has 1 atom stereocenters. The van der Waals surface area contributed by atoms with Gasteiger partial charge in [-0.05, 0) is 25.7 Å². The second-order valence-electron chi connectivity index (χ2n) is 6.08. The third-order valence-corrected chi connectivity index (χ3v) is 6.27. The number of nitrogens with zero attached hydrogens (tertiary/aromatic N) is 2. The van der Waals surface area contributed by atoms with Crippen molar-refractivity contribution in [2.45, 2.75) is 38.1 Å². The van der Waals surface area contributed by atoms with Crippen molar-refractivity contribution in [3.8, 4) is 0 Å². The molecule has 3 N–H and O–H groups in total. The van der Waals surface area contributed by atoms with Crippen molar-refractivity contribution in [3.05, 3.63) is 0 Å². The van der Waals surface area contributed by atoms with E-state index in [0.29, 0.717) is 32.6 Å². The summed E-state index contributed by atoms with van der Waals surface area (Å²) in [7, 11) is -3.27. The molecule has 0 aromatic heterocycles. The van der Waals surface area contributed by atoms with Crippen LogP contribution in [0.1, 0.15) is 32.1 Å². The lowest BCUT2D eigenvalue weighted by molar-refractivity contribution is -0.135. The first kappa shape index (κ1) is 21.1. The van der Waals surface area contributed by atoms with Crippen LogP contribution in [-0.4, -0.2) is 74.0 Å². The highest BCUT2D eigenvalue weighted by Crippen LogP contribution is 2.19. The molecule has 2 saturated heterocycles. The van der Waals surface area contributed by atoms with Gasteiger partial charge in [0, 0.05) is 38.6 Å². The lowest BCUT2D eigenvalue weighted by Crippen LogP contribution is -2.52. The molecule has 8 nitrogen and oxygen atoms in total. The van der Waals surface area contributed by atoms with Gasteiger partial charge in [-0.25, -0.2) is 8.42 Å². The molecule has 1 unspecified atom stereocenters. The van der Waals surface area contributed by atoms with Crippen molar-refractivity contribution in [2.24, 2.45) is 5.73 Å². The number of rotatable bonds is 6. The van der Waals surface area contributed by atoms with E-state index in [2.05, 4.69) is 5.32 Å². The highest BCUT2D eigenvalue weighted by atomic mass is 35.5. The minimum absolute atomic E-state index is 0. The van der Waals surface area contributed by atoms with Crippen LogP contribution in [0.3, 0.4) is 0 Å². The van der Waals surface area contributed by atoms with Gasteiger partial charge in [-0.3, -0.25) is 9.59 Å². The van der Waals surface area contributed by atoms with E-state index in [0.717, 1.165) is 19.3 Å². The molecule has 2 amide bonds. The number of sulfonamides is 1. The van der Waals surface area contributed by atoms with Crippen molar-refractivity contribution >= 4 is 34.2 Å². The summed E-state index contributed by atoms with van der Waals surface area (Å²) in [5.41, 5.74) is 5.34. The average Bonchev–Trinajstić information content (AvgIpc) is 2.84. The Hall–Kier alpha value is -0.900. The number of nitrogens with one attached hydrogen (secondary N) is 1. The second kappa shape index (κ2) is 9.55. The molecule has 140 valence electrons. The fraction of sp³-hybridized carbons (Fsp3) is 0.857. The molecule has 2 aliphatic rings. The summed E-state index contributed by atoms with van der Waals surface area (Å²) in [5, 5.41) is 2.80. The number of hydrogen-bond acceptors (Lipinski definition) is 5. The van der Waals surface area contributed by atoms with Crippen LogP contribution in [0.2, 0.25) is 0 Å². The van der Waals surface area contributed by atoms with E-state index >= 15 is 0 Å². The molecule has 0 saturated carbocycles. The number of carbonyl (C=O) groups is 2. The summed E-state index contributed by atoms with van der Waals surface area (Å²) in [6.45, 7) is 1.64. The van der Waals surface area contributed by atoms with E-state index < -0.39 is 10.0 Å². The quantitative estimate of drug-likeness (QED) is 0.630. The second-order valence-corrected chi connectivity index (χ2v) is 8.17. The summed E-state index contributed by atoms with van der Waals surface area (Å²) in [6.07, 6.45) is 3.58. The molecule has 2 aliphatic heterocycles. The summed E-state index contributed by atoms with van der Waals surface area (Å²) in [4.78, 5) is 25.8. The number of halogens is 1. The lowest BCUT2D eigenvalue weighted by Gasteiger charge is -2.36. The Morgan fingerprint density at radius 2 is 1.92 bits per heavy atom. The molecule has 0 aliphatic carbocycles. The van der Waals surface area contributed by atoms with Crippen molar-refractivity contribution in [1.29, 1.82) is 0 Å². The first-order chi connectivity index (χ1) is 10.9. The first-order valence-electron chi connectivity index (χ1n) is 8.18. The third kappa shape index (κ3) is 5.58. The molecule has 0 bridgehead atoms. The van der Waals surface area contributed by atoms with Gasteiger partial charge >= 0.3 is 0 Å². The fourth-order valence-electron chi connectivity index (χ4n) is 3.10. The van der Waals surface area contributed by atoms with Crippen LogP contribution in [-0.2, 0) is 19.6 Å². The maximum atomic E-state index is 12.5. The van der Waals surface area contributed by atoms with Gasteiger partial charge in [0.25, 0.3) is 0 Å². The maximum absolute atomic E-state index is 12.5. The van der Waals surface area contributed by atoms with Gasteiger partial charge in [0.05, 0.1) is 12.3 Å². The fourth-order valence-corrected chi connectivity index (χ4v) is 4.57. The van der Waals surface area contributed by atoms with Crippen LogP contribution >= 0.6 is 12.4 Å². The number of hydrogen-bond donors (Lipinski definition) is 2. The van der Waals surface area contributed by atoms with Crippen molar-refractivity contribution in [2.75, 3.05) is 38.5 Å². The Balaban J connectivity index is 0.00000288. The molecule has 0 aromatic rings. The van der Waals surface area contributed by atoms with Crippen LogP contribution in [0.25, 0.3) is 0 Å². The normalized spacial score (nSPS) is 23.5. The summed E-state index contributed by atoms with van der Waals surface area (Å²) >= 11 is 0. The van der Waals surface area contributed by atoms with Crippen LogP contribution < -0.4 is 11.1 Å². The molecule has 0 spiro atoms. The van der Waals surface area contributed by atoms with Crippen LogP contribution in [0.5, 0.6) is 0 Å². The monoisotopic (exact) mass is 382 g/mol. The largest absolute Gasteiger partial charge is 0.354 e. The summed E-state index contributed by atoms with van der Waals surface area (Å²) in [6, 6.07) is -0.0664. The molecular formula is C14H27ClN4O4S. The number of carbonyl (C=O) groups excluding carboxylic acids is 2. The number of piperidine rings is 1. The zero-order chi connectivity index (χ0) is 16.9. The summed E-state index contributed by atoms with van der Waals surface area (Å²) < 4.78 is 24.9. The van der Waals surface area contributed by atoms with E-state index in [1.54, 1.807) is 4.90 Å². The number of likely N-dealkylation sites (tertiary alicyclic amines) is 1. The predicted molar refractivity (Wildman–Crippen MR) is 93.3 cm³/mol. The average molecular weight is 383 g/mol. The molecule has 0 radical (unpaired) electrons. The van der Waals surface area contributed by atoms with E-state index in [9.17, 15) is 18.0 Å². The van der Waals surface area contributed by atoms with Gasteiger partial charge < -0.3 is 16.0 Å². The van der Waals surface area contributed by atoms with Gasteiger partial charge in [-0.1, -0.05) is 0 Å². The zero-order valence-electron chi connectivity index (χ0n) is 13.8. The van der Waals surface area contributed by atoms with Crippen molar-refractivity contribution in [3.63, 3.8) is 0 Å². The van der Waals surface area contributed by atoms with Gasteiger partial charge in [0.2, 0.25) is 21.8 Å². The topological polar surface area (TPSA) is 113 Å². The Labute approximate surface area is 149 Å². The first-order valence-corrected chi connectivity index (χ1v) is 9.79. The molecule has 0 aromatic carbocycles. The van der Waals surface area contributed by atoms with Crippen LogP contribution in [0.15, 0.2) is 0 Å². The minimum Gasteiger partial charge on any atom is -0.354 e. The predicted octanol–water partition coefficient (Wildman–Crippen LogP) is -0.710. The Kier molecular flexibility index (Phi) is 8.41. The van der Waals surface area contributed by atoms with Crippen molar-refractivity contribution in [1.82, 2.24) is 14.5 Å². The van der Waals surface area contributed by atoms with Crippen LogP contribution in [0.4, 0.5) is 0 Å². The van der Waals surface area contributed by atoms with Gasteiger partial charge in [-0.2, -0.15) is 4.31 Å². The molecule has 2 rings (SSSR count). The molecule has 2 heterocycles. The highest BCUT2D eigenvalue weighted by Gasteiger charge is 2.33. The number of nitrogens with two attached hydrogens (primary N) is 1. The third-order valence-electron chi connectivity index (χ3n) is 4.37. The SMILES string of the molecule is Cl.NCCC(=O)NCC1CCCCN1C(=O)CN1CCCS1(=O)=O. The van der Waals surface area contributed by atoms with Crippen LogP contribution in [0, 0.1) is 0 Å². The van der Waals surface area contributed by atoms with Gasteiger partial charge in [0.1, 0.15) is 0 Å². The Morgan fingerprint density at radius 3 is 2.54 bits per heavy atom. The van der Waals surface area contributed by atoms with Crippen molar-refractivity contribution < 1.29 is 18.0 Å².